The molecule has 1 atom stereocenters. The van der Waals surface area contributed by atoms with Crippen LogP contribution < -0.4 is 5.48 Å². The van der Waals surface area contributed by atoms with Crippen LogP contribution in [0.1, 0.15) is 32.4 Å². The van der Waals surface area contributed by atoms with Crippen LogP contribution in [0.3, 0.4) is 0 Å². The number of nitrogens with one attached hydrogen (secondary N) is 1. The molecule has 1 N–H and O–H groups in total. The van der Waals surface area contributed by atoms with Gasteiger partial charge in [0, 0.05) is 26.9 Å². The molecule has 1 aromatic carbocycles. The number of hydrogen-bond acceptors (Lipinski definition) is 3. The molecule has 1 heterocycles. The fourth-order valence-corrected chi connectivity index (χ4v) is 2.73. The molecule has 0 aliphatic carbocycles. The van der Waals surface area contributed by atoms with Gasteiger partial charge >= 0.3 is 0 Å². The minimum absolute atomic E-state index is 0.112. The molecule has 1 aromatic rings. The van der Waals surface area contributed by atoms with Crippen molar-refractivity contribution in [3.63, 3.8) is 0 Å². The summed E-state index contributed by atoms with van der Waals surface area (Å²) in [7, 11) is 0. The lowest BCUT2D eigenvalue weighted by Gasteiger charge is -2.15. The van der Waals surface area contributed by atoms with Crippen molar-refractivity contribution < 1.29 is 4.84 Å². The molecule has 0 bridgehead atoms. The highest BCUT2D eigenvalue weighted by Gasteiger charge is 2.28. The molecular weight excluding hydrogens is 289 g/mol. The lowest BCUT2D eigenvalue weighted by atomic mass is 10.0. The van der Waals surface area contributed by atoms with Crippen molar-refractivity contribution >= 4 is 35.8 Å². The third-order valence-corrected chi connectivity index (χ3v) is 3.59. The number of benzene rings is 1. The van der Waals surface area contributed by atoms with Crippen LogP contribution >= 0.6 is 35.8 Å². The zero-order chi connectivity index (χ0) is 13.7. The van der Waals surface area contributed by atoms with Gasteiger partial charge in [-0.05, 0) is 19.1 Å². The van der Waals surface area contributed by atoms with Crippen molar-refractivity contribution in [3.05, 3.63) is 45.1 Å². The van der Waals surface area contributed by atoms with Crippen LogP contribution in [0.25, 0.3) is 0 Å². The molecular formula is C13H17Cl2NOS. The Labute approximate surface area is 124 Å². The molecule has 0 amide bonds. The van der Waals surface area contributed by atoms with Crippen molar-refractivity contribution in [1.82, 2.24) is 5.48 Å². The second-order valence-corrected chi connectivity index (χ2v) is 4.66. The zero-order valence-corrected chi connectivity index (χ0v) is 13.0. The van der Waals surface area contributed by atoms with E-state index in [2.05, 4.69) is 18.1 Å². The van der Waals surface area contributed by atoms with E-state index < -0.39 is 0 Å². The van der Waals surface area contributed by atoms with Gasteiger partial charge in [0.25, 0.3) is 0 Å². The van der Waals surface area contributed by atoms with E-state index in [1.807, 2.05) is 39.0 Å². The Kier molecular flexibility index (Phi) is 6.36. The molecule has 2 nitrogen and oxygen atoms in total. The second-order valence-electron chi connectivity index (χ2n) is 3.53. The Bertz CT molecular complexity index is 428. The van der Waals surface area contributed by atoms with Crippen LogP contribution in [0.2, 0.25) is 10.0 Å². The van der Waals surface area contributed by atoms with Gasteiger partial charge in [-0.2, -0.15) is 12.6 Å². The van der Waals surface area contributed by atoms with Gasteiger partial charge < -0.3 is 4.84 Å². The van der Waals surface area contributed by atoms with Gasteiger partial charge in [0.1, 0.15) is 5.76 Å². The van der Waals surface area contributed by atoms with E-state index in [9.17, 15) is 0 Å². The molecule has 1 aliphatic heterocycles. The molecule has 2 rings (SSSR count). The fraction of sp³-hybridized carbons (Fsp3) is 0.385. The van der Waals surface area contributed by atoms with Gasteiger partial charge in [0.05, 0.1) is 6.04 Å². The minimum atomic E-state index is -0.112. The lowest BCUT2D eigenvalue weighted by Crippen LogP contribution is -2.16. The van der Waals surface area contributed by atoms with E-state index in [1.165, 1.54) is 0 Å². The molecule has 0 saturated heterocycles. The van der Waals surface area contributed by atoms with Crippen LogP contribution in [0.5, 0.6) is 0 Å². The fourth-order valence-electron chi connectivity index (χ4n) is 1.71. The van der Waals surface area contributed by atoms with Crippen molar-refractivity contribution in [2.45, 2.75) is 26.8 Å². The van der Waals surface area contributed by atoms with Crippen molar-refractivity contribution in [2.75, 3.05) is 5.75 Å². The first-order valence-electron chi connectivity index (χ1n) is 5.82. The van der Waals surface area contributed by atoms with Gasteiger partial charge in [-0.15, -0.1) is 5.48 Å². The largest absolute Gasteiger partial charge is 0.413 e. The monoisotopic (exact) mass is 305 g/mol. The summed E-state index contributed by atoms with van der Waals surface area (Å²) >= 11 is 16.6. The quantitative estimate of drug-likeness (QED) is 0.766. The smallest absolute Gasteiger partial charge is 0.123 e. The number of thiol groups is 1. The van der Waals surface area contributed by atoms with E-state index in [1.54, 1.807) is 0 Å². The van der Waals surface area contributed by atoms with E-state index >= 15 is 0 Å². The highest BCUT2D eigenvalue weighted by atomic mass is 35.5. The van der Waals surface area contributed by atoms with Crippen molar-refractivity contribution in [3.8, 4) is 0 Å². The highest BCUT2D eigenvalue weighted by molar-refractivity contribution is 7.80. The van der Waals surface area contributed by atoms with E-state index in [0.717, 1.165) is 16.9 Å². The van der Waals surface area contributed by atoms with Crippen molar-refractivity contribution in [2.24, 2.45) is 0 Å². The van der Waals surface area contributed by atoms with E-state index in [4.69, 9.17) is 28.0 Å². The molecule has 0 radical (unpaired) electrons. The van der Waals surface area contributed by atoms with Crippen LogP contribution in [0, 0.1) is 0 Å². The summed E-state index contributed by atoms with van der Waals surface area (Å²) in [5, 5.41) is 1.25. The van der Waals surface area contributed by atoms with Crippen LogP contribution in [-0.2, 0) is 4.84 Å². The Morgan fingerprint density at radius 3 is 2.33 bits per heavy atom. The number of halogens is 2. The molecule has 0 aromatic heterocycles. The average Bonchev–Trinajstić information content (AvgIpc) is 2.73. The Morgan fingerprint density at radius 2 is 1.83 bits per heavy atom. The first-order chi connectivity index (χ1) is 8.65. The van der Waals surface area contributed by atoms with Gasteiger partial charge in [-0.3, -0.25) is 0 Å². The number of rotatable bonds is 2. The molecule has 0 spiro atoms. The number of allylic oxidation sites excluding steroid dienone is 1. The average molecular weight is 306 g/mol. The maximum atomic E-state index is 6.15. The summed E-state index contributed by atoms with van der Waals surface area (Å²) < 4.78 is 0. The molecule has 1 aliphatic rings. The highest BCUT2D eigenvalue weighted by Crippen LogP contribution is 2.38. The summed E-state index contributed by atoms with van der Waals surface area (Å²) in [4.78, 5) is 5.30. The third-order valence-electron chi connectivity index (χ3n) is 2.59. The zero-order valence-electron chi connectivity index (χ0n) is 10.6. The predicted octanol–water partition coefficient (Wildman–Crippen LogP) is 4.80. The Morgan fingerprint density at radius 1 is 1.28 bits per heavy atom. The molecule has 100 valence electrons. The maximum absolute atomic E-state index is 6.15. The molecule has 0 saturated carbocycles. The third kappa shape index (κ3) is 3.15. The molecule has 0 fully saturated rings. The normalized spacial score (nSPS) is 18.2. The van der Waals surface area contributed by atoms with Crippen LogP contribution in [-0.4, -0.2) is 5.75 Å². The standard InChI is InChI=1S/C11H11Cl2NOS.C2H6/c1-6-7(5-16)11(14-15-6)10-8(12)3-2-4-9(10)13;1-2/h2-4,11,14,16H,5H2,1H3;1-2H3. The van der Waals surface area contributed by atoms with Gasteiger partial charge in [0.15, 0.2) is 0 Å². The summed E-state index contributed by atoms with van der Waals surface area (Å²) in [6.07, 6.45) is 0. The second kappa shape index (κ2) is 7.29. The number of hydrogen-bond donors (Lipinski definition) is 2. The topological polar surface area (TPSA) is 21.3 Å². The minimum Gasteiger partial charge on any atom is -0.413 e. The van der Waals surface area contributed by atoms with Crippen LogP contribution in [0.4, 0.5) is 0 Å². The Balaban J connectivity index is 0.000000771. The van der Waals surface area contributed by atoms with Crippen LogP contribution in [0.15, 0.2) is 29.5 Å². The number of hydroxylamine groups is 1. The summed E-state index contributed by atoms with van der Waals surface area (Å²) in [5.41, 5.74) is 4.81. The summed E-state index contributed by atoms with van der Waals surface area (Å²) in [6.45, 7) is 5.89. The van der Waals surface area contributed by atoms with Gasteiger partial charge in [0.2, 0.25) is 0 Å². The SMILES string of the molecule is CC.CC1=C(CS)C(c2c(Cl)cccc2Cl)NO1. The van der Waals surface area contributed by atoms with E-state index in [0.29, 0.717) is 15.8 Å². The maximum Gasteiger partial charge on any atom is 0.123 e. The Hall–Kier alpha value is -0.350. The van der Waals surface area contributed by atoms with E-state index in [-0.39, 0.29) is 6.04 Å². The molecule has 5 heteroatoms. The predicted molar refractivity (Wildman–Crippen MR) is 81.3 cm³/mol. The summed E-state index contributed by atoms with van der Waals surface area (Å²) in [5.74, 6) is 1.43. The molecule has 1 unspecified atom stereocenters. The first kappa shape index (κ1) is 15.7. The van der Waals surface area contributed by atoms with Crippen molar-refractivity contribution in [1.29, 1.82) is 0 Å². The van der Waals surface area contributed by atoms with Gasteiger partial charge in [-0.1, -0.05) is 43.1 Å². The molecule has 18 heavy (non-hydrogen) atoms. The summed E-state index contributed by atoms with van der Waals surface area (Å²) in [6, 6.07) is 5.34. The van der Waals surface area contributed by atoms with Gasteiger partial charge in [-0.25, -0.2) is 0 Å². The first-order valence-corrected chi connectivity index (χ1v) is 7.20. The lowest BCUT2D eigenvalue weighted by molar-refractivity contribution is 0.118.